The number of likely N-dealkylation sites (N-methyl/N-ethyl adjacent to an activating group) is 1. The predicted octanol–water partition coefficient (Wildman–Crippen LogP) is 1.84. The smallest absolute Gasteiger partial charge is 0.339 e. The molecule has 0 atom stereocenters. The Labute approximate surface area is 117 Å². The van der Waals surface area contributed by atoms with Crippen molar-refractivity contribution in [3.63, 3.8) is 0 Å². The van der Waals surface area contributed by atoms with Crippen LogP contribution in [0.1, 0.15) is 41.6 Å². The van der Waals surface area contributed by atoms with Gasteiger partial charge in [0.25, 0.3) is 0 Å². The van der Waals surface area contributed by atoms with Crippen molar-refractivity contribution in [3.05, 3.63) is 23.3 Å². The van der Waals surface area contributed by atoms with Crippen LogP contribution in [0.3, 0.4) is 0 Å². The number of nitrogens with zero attached hydrogens (tertiary/aromatic N) is 1. The molecule has 0 radical (unpaired) electrons. The molecular weight excluding hydrogens is 256 g/mol. The van der Waals surface area contributed by atoms with E-state index in [0.29, 0.717) is 11.3 Å². The van der Waals surface area contributed by atoms with Gasteiger partial charge in [-0.1, -0.05) is 12.8 Å². The Morgan fingerprint density at radius 2 is 2.00 bits per heavy atom. The number of benzene rings is 1. The van der Waals surface area contributed by atoms with Crippen LogP contribution >= 0.6 is 0 Å². The number of nitrogens with two attached hydrogens (primary N) is 1. The molecule has 1 aliphatic carbocycles. The van der Waals surface area contributed by atoms with Crippen LogP contribution < -0.4 is 10.6 Å². The lowest BCUT2D eigenvalue weighted by Crippen LogP contribution is -2.36. The summed E-state index contributed by atoms with van der Waals surface area (Å²) in [5.74, 6) is -0.341. The van der Waals surface area contributed by atoms with Crippen LogP contribution in [-0.2, 0) is 14.9 Å². The van der Waals surface area contributed by atoms with Gasteiger partial charge in [0.2, 0.25) is 5.91 Å². The van der Waals surface area contributed by atoms with E-state index in [2.05, 4.69) is 0 Å². The summed E-state index contributed by atoms with van der Waals surface area (Å²) >= 11 is 0. The van der Waals surface area contributed by atoms with Gasteiger partial charge >= 0.3 is 5.97 Å². The summed E-state index contributed by atoms with van der Waals surface area (Å²) in [6.45, 7) is 0. The molecule has 20 heavy (non-hydrogen) atoms. The fourth-order valence-electron chi connectivity index (χ4n) is 3.56. The average molecular weight is 274 g/mol. The van der Waals surface area contributed by atoms with Gasteiger partial charge in [0.15, 0.2) is 0 Å². The number of fused-ring (bicyclic) bond motifs is 2. The van der Waals surface area contributed by atoms with Crippen molar-refractivity contribution in [2.45, 2.75) is 31.1 Å². The maximum absolute atomic E-state index is 12.6. The molecule has 106 valence electrons. The summed E-state index contributed by atoms with van der Waals surface area (Å²) in [7, 11) is 3.10. The number of methoxy groups -OCH3 is 1. The van der Waals surface area contributed by atoms with Crippen molar-refractivity contribution in [2.24, 2.45) is 0 Å². The molecule has 2 N–H and O–H groups in total. The number of carbonyl (C=O) groups is 2. The zero-order chi connectivity index (χ0) is 14.5. The van der Waals surface area contributed by atoms with Crippen molar-refractivity contribution >= 4 is 23.3 Å². The van der Waals surface area contributed by atoms with Gasteiger partial charge < -0.3 is 15.4 Å². The van der Waals surface area contributed by atoms with E-state index >= 15 is 0 Å². The maximum Gasteiger partial charge on any atom is 0.339 e. The first-order chi connectivity index (χ1) is 9.51. The molecule has 1 amide bonds. The highest BCUT2D eigenvalue weighted by Gasteiger charge is 2.51. The van der Waals surface area contributed by atoms with Gasteiger partial charge in [0, 0.05) is 18.4 Å². The number of carbonyl (C=O) groups excluding carboxylic acids is 2. The SMILES string of the molecule is COC(=O)c1cc2c(cc1N)N(C)C(=O)C21CCCC1. The quantitative estimate of drug-likeness (QED) is 0.626. The normalized spacial score (nSPS) is 19.5. The van der Waals surface area contributed by atoms with E-state index < -0.39 is 11.4 Å². The first-order valence-electron chi connectivity index (χ1n) is 6.82. The van der Waals surface area contributed by atoms with E-state index in [1.165, 1.54) is 7.11 Å². The molecule has 5 heteroatoms. The number of rotatable bonds is 1. The fraction of sp³-hybridized carbons (Fsp3) is 0.467. The van der Waals surface area contributed by atoms with Crippen molar-refractivity contribution in [3.8, 4) is 0 Å². The Kier molecular flexibility index (Phi) is 2.74. The van der Waals surface area contributed by atoms with Gasteiger partial charge in [-0.3, -0.25) is 4.79 Å². The summed E-state index contributed by atoms with van der Waals surface area (Å²) in [6, 6.07) is 3.47. The minimum Gasteiger partial charge on any atom is -0.465 e. The van der Waals surface area contributed by atoms with E-state index in [1.54, 1.807) is 24.1 Å². The van der Waals surface area contributed by atoms with Crippen LogP contribution in [0, 0.1) is 0 Å². The van der Waals surface area contributed by atoms with E-state index in [4.69, 9.17) is 10.5 Å². The van der Waals surface area contributed by atoms with Crippen molar-refractivity contribution < 1.29 is 14.3 Å². The Morgan fingerprint density at radius 1 is 1.35 bits per heavy atom. The van der Waals surface area contributed by atoms with Crippen LogP contribution in [0.25, 0.3) is 0 Å². The molecule has 1 saturated carbocycles. The zero-order valence-corrected chi connectivity index (χ0v) is 11.7. The second kappa shape index (κ2) is 4.23. The average Bonchev–Trinajstić information content (AvgIpc) is 3.00. The molecule has 1 aromatic rings. The van der Waals surface area contributed by atoms with Crippen LogP contribution in [0.2, 0.25) is 0 Å². The Morgan fingerprint density at radius 3 is 2.60 bits per heavy atom. The van der Waals surface area contributed by atoms with E-state index in [0.717, 1.165) is 36.9 Å². The summed E-state index contributed by atoms with van der Waals surface area (Å²) in [4.78, 5) is 26.1. The number of ether oxygens (including phenoxy) is 1. The molecule has 0 unspecified atom stereocenters. The lowest BCUT2D eigenvalue weighted by Gasteiger charge is -2.22. The molecule has 1 heterocycles. The standard InChI is InChI=1S/C15H18N2O3/c1-17-12-8-11(16)9(13(18)20-2)7-10(12)15(14(17)19)5-3-4-6-15/h7-8H,3-6,16H2,1-2H3. The highest BCUT2D eigenvalue weighted by molar-refractivity contribution is 6.10. The highest BCUT2D eigenvalue weighted by atomic mass is 16.5. The third-order valence-corrected chi connectivity index (χ3v) is 4.62. The molecule has 1 spiro atoms. The van der Waals surface area contributed by atoms with Gasteiger partial charge in [0.05, 0.1) is 18.1 Å². The predicted molar refractivity (Wildman–Crippen MR) is 75.7 cm³/mol. The maximum atomic E-state index is 12.6. The second-order valence-electron chi connectivity index (χ2n) is 5.60. The number of hydrogen-bond acceptors (Lipinski definition) is 4. The van der Waals surface area contributed by atoms with Crippen molar-refractivity contribution in [2.75, 3.05) is 24.8 Å². The summed E-state index contributed by atoms with van der Waals surface area (Å²) < 4.78 is 4.76. The molecule has 0 saturated heterocycles. The van der Waals surface area contributed by atoms with Gasteiger partial charge in [-0.2, -0.15) is 0 Å². The lowest BCUT2D eigenvalue weighted by molar-refractivity contribution is -0.122. The number of anilines is 2. The largest absolute Gasteiger partial charge is 0.465 e. The number of hydrogen-bond donors (Lipinski definition) is 1. The molecule has 5 nitrogen and oxygen atoms in total. The monoisotopic (exact) mass is 274 g/mol. The zero-order valence-electron chi connectivity index (χ0n) is 11.7. The Balaban J connectivity index is 2.21. The van der Waals surface area contributed by atoms with E-state index in [9.17, 15) is 9.59 Å². The highest BCUT2D eigenvalue weighted by Crippen LogP contribution is 2.51. The van der Waals surface area contributed by atoms with Gasteiger partial charge in [-0.25, -0.2) is 4.79 Å². The van der Waals surface area contributed by atoms with Crippen LogP contribution in [0.15, 0.2) is 12.1 Å². The van der Waals surface area contributed by atoms with Crippen LogP contribution in [-0.4, -0.2) is 26.0 Å². The molecule has 3 rings (SSSR count). The summed E-state index contributed by atoms with van der Waals surface area (Å²) in [6.07, 6.45) is 3.76. The third-order valence-electron chi connectivity index (χ3n) is 4.62. The van der Waals surface area contributed by atoms with E-state index in [1.807, 2.05) is 0 Å². The third kappa shape index (κ3) is 1.49. The molecule has 1 aromatic carbocycles. The summed E-state index contributed by atoms with van der Waals surface area (Å²) in [5.41, 5.74) is 7.92. The molecule has 0 aromatic heterocycles. The fourth-order valence-corrected chi connectivity index (χ4v) is 3.56. The molecule has 0 bridgehead atoms. The molecular formula is C15H18N2O3. The van der Waals surface area contributed by atoms with Crippen molar-refractivity contribution in [1.82, 2.24) is 0 Å². The van der Waals surface area contributed by atoms with E-state index in [-0.39, 0.29) is 5.91 Å². The summed E-state index contributed by atoms with van der Waals surface area (Å²) in [5, 5.41) is 0. The molecule has 2 aliphatic rings. The number of esters is 1. The first kappa shape index (κ1) is 13.0. The van der Waals surface area contributed by atoms with Crippen molar-refractivity contribution in [1.29, 1.82) is 0 Å². The molecule has 1 fully saturated rings. The number of amides is 1. The Bertz CT molecular complexity index is 603. The van der Waals surface area contributed by atoms with Crippen LogP contribution in [0.4, 0.5) is 11.4 Å². The topological polar surface area (TPSA) is 72.6 Å². The minimum absolute atomic E-state index is 0.117. The Hall–Kier alpha value is -2.04. The van der Waals surface area contributed by atoms with Gasteiger partial charge in [0.1, 0.15) is 0 Å². The lowest BCUT2D eigenvalue weighted by atomic mass is 9.79. The van der Waals surface area contributed by atoms with Crippen LogP contribution in [0.5, 0.6) is 0 Å². The first-order valence-corrected chi connectivity index (χ1v) is 6.82. The van der Waals surface area contributed by atoms with Gasteiger partial charge in [-0.15, -0.1) is 0 Å². The number of nitrogen functional groups attached to an aromatic ring is 1. The van der Waals surface area contributed by atoms with Gasteiger partial charge in [-0.05, 0) is 30.5 Å². The minimum atomic E-state index is -0.458. The second-order valence-corrected chi connectivity index (χ2v) is 5.60. The molecule has 1 aliphatic heterocycles.